The van der Waals surface area contributed by atoms with Crippen LogP contribution in [0.4, 0.5) is 0 Å². The van der Waals surface area contributed by atoms with E-state index in [0.717, 1.165) is 35.6 Å². The van der Waals surface area contributed by atoms with Crippen molar-refractivity contribution in [2.24, 2.45) is 5.92 Å². The lowest BCUT2D eigenvalue weighted by Gasteiger charge is -2.28. The van der Waals surface area contributed by atoms with Gasteiger partial charge >= 0.3 is 0 Å². The van der Waals surface area contributed by atoms with Crippen LogP contribution in [0.5, 0.6) is 17.2 Å². The van der Waals surface area contributed by atoms with E-state index in [-0.39, 0.29) is 47.0 Å². The van der Waals surface area contributed by atoms with Gasteiger partial charge in [-0.15, -0.1) is 11.3 Å². The SMILES string of the molecule is CCC[C@@H]1NC(=O)[C@@H](NC(=O)[C@H](C)NC(=O)CNC(=O)c2cc(O)ccc2O)CNC(=O)[C@@H](CS(=O)(=O)O)NC(=O)/C=C/c2csc(n2)[C@@H](Cc2ccc(O)cc2)NC(=O)C(=O)C([C@@H](C)CC)NC1=O. The average Bonchev–Trinajstić information content (AvgIpc) is 3.79. The fourth-order valence-electron chi connectivity index (χ4n) is 6.69. The Hall–Kier alpha value is -7.45. The van der Waals surface area contributed by atoms with Crippen molar-refractivity contribution in [1.29, 1.82) is 0 Å². The molecule has 0 fully saturated rings. The fraction of sp³-hybridized carbons (Fsp3) is 0.409. The summed E-state index contributed by atoms with van der Waals surface area (Å²) in [5, 5.41) is 50.2. The highest BCUT2D eigenvalue weighted by Crippen LogP contribution is 2.25. The van der Waals surface area contributed by atoms with Crippen molar-refractivity contribution in [3.63, 3.8) is 0 Å². The predicted octanol–water partition coefficient (Wildman–Crippen LogP) is -1.02. The highest BCUT2D eigenvalue weighted by molar-refractivity contribution is 7.85. The molecule has 0 spiro atoms. The van der Waals surface area contributed by atoms with Crippen LogP contribution in [-0.2, 0) is 54.9 Å². The summed E-state index contributed by atoms with van der Waals surface area (Å²) in [6, 6.07) is 0.00555. The number of Topliss-reactive ketones (excluding diaryl/α,β-unsaturated/α-hetero) is 1. The van der Waals surface area contributed by atoms with Gasteiger partial charge in [-0.1, -0.05) is 45.7 Å². The number of ketones is 1. The van der Waals surface area contributed by atoms with E-state index < -0.39 is 130 Å². The molecule has 1 aliphatic heterocycles. The lowest BCUT2D eigenvalue weighted by atomic mass is 9.94. The average molecular weight is 1010 g/mol. The quantitative estimate of drug-likeness (QED) is 0.0522. The minimum Gasteiger partial charge on any atom is -0.508 e. The zero-order valence-electron chi connectivity index (χ0n) is 38.3. The van der Waals surface area contributed by atoms with Crippen molar-refractivity contribution >= 4 is 80.6 Å². The number of amides is 8. The number of hydrogen-bond donors (Lipinski definition) is 12. The lowest BCUT2D eigenvalue weighted by molar-refractivity contribution is -0.141. The fourth-order valence-corrected chi connectivity index (χ4v) is 8.18. The summed E-state index contributed by atoms with van der Waals surface area (Å²) in [4.78, 5) is 126. The Morgan fingerprint density at radius 3 is 2.19 bits per heavy atom. The molecule has 0 aliphatic carbocycles. The number of hydrogen-bond acceptors (Lipinski definition) is 16. The second-order valence-electron chi connectivity index (χ2n) is 16.2. The van der Waals surface area contributed by atoms with Crippen LogP contribution in [0.1, 0.15) is 79.6 Å². The Labute approximate surface area is 405 Å². The van der Waals surface area contributed by atoms with Crippen LogP contribution >= 0.6 is 11.3 Å². The van der Waals surface area contributed by atoms with Gasteiger partial charge in [-0.05, 0) is 67.7 Å². The van der Waals surface area contributed by atoms with Gasteiger partial charge in [0.05, 0.1) is 29.9 Å². The van der Waals surface area contributed by atoms with Crippen LogP contribution in [-0.4, -0.2) is 135 Å². The first kappa shape index (κ1) is 55.1. The third-order valence-corrected chi connectivity index (χ3v) is 12.4. The van der Waals surface area contributed by atoms with E-state index in [1.807, 2.05) is 0 Å². The minimum absolute atomic E-state index is 0.0281. The van der Waals surface area contributed by atoms with Crippen LogP contribution in [0.15, 0.2) is 53.9 Å². The van der Waals surface area contributed by atoms with Gasteiger partial charge in [0, 0.05) is 18.0 Å². The molecule has 2 aromatic carbocycles. The van der Waals surface area contributed by atoms with E-state index in [2.05, 4.69) is 47.5 Å². The Kier molecular flexibility index (Phi) is 19.9. The minimum atomic E-state index is -4.96. The highest BCUT2D eigenvalue weighted by atomic mass is 32.2. The first-order valence-electron chi connectivity index (χ1n) is 21.8. The largest absolute Gasteiger partial charge is 0.508 e. The van der Waals surface area contributed by atoms with Gasteiger partial charge in [0.15, 0.2) is 0 Å². The van der Waals surface area contributed by atoms with Crippen LogP contribution in [0.3, 0.4) is 0 Å². The summed E-state index contributed by atoms with van der Waals surface area (Å²) >= 11 is 1.04. The maximum Gasteiger partial charge on any atom is 0.290 e. The molecule has 0 saturated heterocycles. The smallest absolute Gasteiger partial charge is 0.290 e. The molecule has 12 N–H and O–H groups in total. The zero-order chi connectivity index (χ0) is 51.9. The number of phenolic OH excluding ortho intramolecular Hbond substituents is 3. The van der Waals surface area contributed by atoms with Crippen molar-refractivity contribution in [2.45, 2.75) is 89.6 Å². The Morgan fingerprint density at radius 1 is 0.843 bits per heavy atom. The van der Waals surface area contributed by atoms with Gasteiger partial charge in [-0.25, -0.2) is 4.98 Å². The zero-order valence-corrected chi connectivity index (χ0v) is 39.9. The lowest BCUT2D eigenvalue weighted by Crippen LogP contribution is -2.61. The van der Waals surface area contributed by atoms with Gasteiger partial charge in [0.25, 0.3) is 21.9 Å². The molecule has 2 bridgehead atoms. The number of carbonyl (C=O) groups excluding carboxylic acids is 9. The first-order valence-corrected chi connectivity index (χ1v) is 24.3. The molecule has 1 aromatic heterocycles. The third kappa shape index (κ3) is 16.7. The molecule has 0 radical (unpaired) electrons. The third-order valence-electron chi connectivity index (χ3n) is 10.7. The summed E-state index contributed by atoms with van der Waals surface area (Å²) in [6.07, 6.45) is 2.65. The Balaban J connectivity index is 1.67. The van der Waals surface area contributed by atoms with Crippen LogP contribution < -0.4 is 42.5 Å². The molecule has 0 saturated carbocycles. The maximum absolute atomic E-state index is 14.1. The van der Waals surface area contributed by atoms with E-state index in [1.165, 1.54) is 30.5 Å². The summed E-state index contributed by atoms with van der Waals surface area (Å²) in [6.45, 7) is 4.61. The molecular weight excluding hydrogens is 959 g/mol. The number of aromatic hydroxyl groups is 3. The summed E-state index contributed by atoms with van der Waals surface area (Å²) in [5.41, 5.74) is 0.409. The number of rotatable bonds is 14. The summed E-state index contributed by atoms with van der Waals surface area (Å²) in [5.74, 6) is -12.3. The molecule has 26 heteroatoms. The number of aromatic nitrogens is 1. The highest BCUT2D eigenvalue weighted by Gasteiger charge is 2.36. The number of thiazole rings is 1. The van der Waals surface area contributed by atoms with Crippen molar-refractivity contribution in [1.82, 2.24) is 47.5 Å². The standard InChI is InChI=1S/C44H55N9O15S2/c1-5-7-29-41(63)53-36(22(3)6-2)37(59)43(65)51-30(16-24-8-11-26(54)12-9-24)44-48-25(20-69-44)10-15-34(57)49-32(21-70(66,67)68)40(62)45-18-31(42(64)50-29)52-38(60)23(4)47-35(58)19-46-39(61)28-17-27(55)13-14-33(28)56/h8-15,17,20,22-23,29-32,36,54-56H,5-7,16,18-19,21H2,1-4H3,(H,45,62)(H,46,61)(H,47,58)(H,49,57)(H,50,64)(H,51,65)(H,52,60)(H,53,63)(H,66,67,68)/b15-10+/t22-,23-,29-,30+,31-,32+,36?/m0/s1. The number of benzene rings is 2. The molecule has 3 aromatic rings. The molecule has 7 atom stereocenters. The van der Waals surface area contributed by atoms with E-state index in [1.54, 1.807) is 32.9 Å². The van der Waals surface area contributed by atoms with E-state index in [4.69, 9.17) is 0 Å². The van der Waals surface area contributed by atoms with Gasteiger partial charge in [-0.2, -0.15) is 8.42 Å². The van der Waals surface area contributed by atoms with Crippen LogP contribution in [0.2, 0.25) is 0 Å². The molecular formula is C44H55N9O15S2. The number of fused-ring (bicyclic) bond motifs is 2. The van der Waals surface area contributed by atoms with E-state index in [0.29, 0.717) is 12.0 Å². The van der Waals surface area contributed by atoms with Gasteiger partial charge < -0.3 is 57.9 Å². The van der Waals surface area contributed by atoms with Gasteiger partial charge in [-0.3, -0.25) is 47.7 Å². The van der Waals surface area contributed by atoms with E-state index >= 15 is 0 Å². The molecule has 1 aliphatic rings. The molecule has 24 nitrogen and oxygen atoms in total. The molecule has 8 amide bonds. The van der Waals surface area contributed by atoms with Crippen molar-refractivity contribution in [2.75, 3.05) is 18.8 Å². The van der Waals surface area contributed by atoms with Crippen molar-refractivity contribution in [3.05, 3.63) is 75.7 Å². The number of phenols is 3. The monoisotopic (exact) mass is 1010 g/mol. The number of nitrogens with one attached hydrogen (secondary N) is 8. The summed E-state index contributed by atoms with van der Waals surface area (Å²) in [7, 11) is -4.96. The van der Waals surface area contributed by atoms with Gasteiger partial charge in [0.1, 0.15) is 52.2 Å². The molecule has 378 valence electrons. The second kappa shape index (κ2) is 25.2. The molecule has 4 rings (SSSR count). The summed E-state index contributed by atoms with van der Waals surface area (Å²) < 4.78 is 33.7. The molecule has 2 heterocycles. The van der Waals surface area contributed by atoms with Gasteiger partial charge in [0.2, 0.25) is 41.2 Å². The van der Waals surface area contributed by atoms with Crippen molar-refractivity contribution in [3.8, 4) is 17.2 Å². The normalized spacial score (nSPS) is 21.1. The van der Waals surface area contributed by atoms with E-state index in [9.17, 15) is 71.4 Å². The maximum atomic E-state index is 14.1. The van der Waals surface area contributed by atoms with Crippen molar-refractivity contribution < 1.29 is 71.4 Å². The Morgan fingerprint density at radius 2 is 1.53 bits per heavy atom. The predicted molar refractivity (Wildman–Crippen MR) is 250 cm³/mol. The molecule has 1 unspecified atom stereocenters. The first-order chi connectivity index (χ1) is 33.0. The second-order valence-corrected chi connectivity index (χ2v) is 18.6. The number of carbonyl (C=O) groups is 9. The van der Waals surface area contributed by atoms with Crippen LogP contribution in [0.25, 0.3) is 6.08 Å². The number of nitrogens with zero attached hydrogens (tertiary/aromatic N) is 1. The van der Waals surface area contributed by atoms with Crippen LogP contribution in [0, 0.1) is 5.92 Å². The molecule has 70 heavy (non-hydrogen) atoms. The Bertz CT molecular complexity index is 2590. The topological polar surface area (TPSA) is 378 Å².